The number of carbonyl (C=O) groups is 1. The zero-order valence-electron chi connectivity index (χ0n) is 10.5. The van der Waals surface area contributed by atoms with Crippen molar-refractivity contribution in [1.29, 1.82) is 0 Å². The van der Waals surface area contributed by atoms with Crippen molar-refractivity contribution >= 4 is 17.9 Å². The minimum absolute atomic E-state index is 0.778. The summed E-state index contributed by atoms with van der Waals surface area (Å²) in [5, 5.41) is 8.51. The minimum Gasteiger partial charge on any atom is -0.478 e. The van der Waals surface area contributed by atoms with Crippen molar-refractivity contribution in [3.63, 3.8) is 0 Å². The molecule has 0 saturated heterocycles. The summed E-state index contributed by atoms with van der Waals surface area (Å²) in [6, 6.07) is 3.74. The molecule has 1 heterocycles. The van der Waals surface area contributed by atoms with E-state index < -0.39 is 5.97 Å². The average molecular weight is 246 g/mol. The first-order chi connectivity index (χ1) is 8.63. The van der Waals surface area contributed by atoms with Gasteiger partial charge in [-0.25, -0.2) is 9.78 Å². The third-order valence-electron chi connectivity index (χ3n) is 2.48. The van der Waals surface area contributed by atoms with Crippen LogP contribution in [0.5, 0.6) is 0 Å². The van der Waals surface area contributed by atoms with Gasteiger partial charge >= 0.3 is 5.97 Å². The van der Waals surface area contributed by atoms with Gasteiger partial charge in [-0.05, 0) is 36.6 Å². The molecule has 0 aliphatic carbocycles. The van der Waals surface area contributed by atoms with Crippen LogP contribution in [0.3, 0.4) is 0 Å². The second kappa shape index (κ2) is 7.27. The number of aromatic nitrogens is 1. The van der Waals surface area contributed by atoms with Crippen LogP contribution in [0.15, 0.2) is 37.1 Å². The van der Waals surface area contributed by atoms with Gasteiger partial charge < -0.3 is 10.0 Å². The van der Waals surface area contributed by atoms with Crippen LogP contribution in [0.4, 0.5) is 5.82 Å². The predicted octanol–water partition coefficient (Wildman–Crippen LogP) is 2.58. The minimum atomic E-state index is -0.958. The number of pyridine rings is 1. The quantitative estimate of drug-likeness (QED) is 0.456. The van der Waals surface area contributed by atoms with Crippen LogP contribution in [0.1, 0.15) is 18.4 Å². The molecule has 0 aromatic carbocycles. The van der Waals surface area contributed by atoms with E-state index in [1.54, 1.807) is 6.20 Å². The molecular formula is C14H18N2O2. The van der Waals surface area contributed by atoms with Gasteiger partial charge in [0.2, 0.25) is 0 Å². The van der Waals surface area contributed by atoms with Gasteiger partial charge in [-0.15, -0.1) is 6.58 Å². The van der Waals surface area contributed by atoms with Gasteiger partial charge in [0.05, 0.1) is 0 Å². The van der Waals surface area contributed by atoms with E-state index in [1.807, 2.05) is 25.3 Å². The Balaban J connectivity index is 2.58. The van der Waals surface area contributed by atoms with Gasteiger partial charge in [0.15, 0.2) is 0 Å². The van der Waals surface area contributed by atoms with Crippen molar-refractivity contribution < 1.29 is 9.90 Å². The summed E-state index contributed by atoms with van der Waals surface area (Å²) in [6.45, 7) is 4.61. The number of hydrogen-bond donors (Lipinski definition) is 1. The highest BCUT2D eigenvalue weighted by atomic mass is 16.4. The van der Waals surface area contributed by atoms with Crippen molar-refractivity contribution in [2.24, 2.45) is 0 Å². The summed E-state index contributed by atoms with van der Waals surface area (Å²) in [7, 11) is 1.98. The van der Waals surface area contributed by atoms with E-state index in [9.17, 15) is 4.79 Å². The molecule has 4 nitrogen and oxygen atoms in total. The topological polar surface area (TPSA) is 53.4 Å². The van der Waals surface area contributed by atoms with Crippen LogP contribution in [0.2, 0.25) is 0 Å². The third kappa shape index (κ3) is 4.82. The third-order valence-corrected chi connectivity index (χ3v) is 2.48. The first-order valence-electron chi connectivity index (χ1n) is 5.82. The molecule has 0 amide bonds. The molecule has 0 aliphatic heterocycles. The second-order valence-electron chi connectivity index (χ2n) is 3.97. The zero-order chi connectivity index (χ0) is 13.4. The fourth-order valence-corrected chi connectivity index (χ4v) is 1.48. The summed E-state index contributed by atoms with van der Waals surface area (Å²) in [5.74, 6) is -0.0767. The normalized spacial score (nSPS) is 10.5. The van der Waals surface area contributed by atoms with E-state index in [4.69, 9.17) is 5.11 Å². The number of aliphatic carboxylic acids is 1. The van der Waals surface area contributed by atoms with E-state index in [0.29, 0.717) is 0 Å². The molecule has 0 bridgehead atoms. The van der Waals surface area contributed by atoms with Gasteiger partial charge in [0.25, 0.3) is 0 Å². The maximum Gasteiger partial charge on any atom is 0.328 e. The lowest BCUT2D eigenvalue weighted by molar-refractivity contribution is -0.131. The van der Waals surface area contributed by atoms with Crippen molar-refractivity contribution in [2.45, 2.75) is 12.8 Å². The number of unbranched alkanes of at least 4 members (excludes halogenated alkanes) is 1. The van der Waals surface area contributed by atoms with Crippen LogP contribution in [-0.4, -0.2) is 29.7 Å². The van der Waals surface area contributed by atoms with Crippen LogP contribution >= 0.6 is 0 Å². The Labute approximate surface area is 107 Å². The molecule has 0 radical (unpaired) electrons. The molecule has 0 atom stereocenters. The maximum absolute atomic E-state index is 10.4. The number of hydrogen-bond acceptors (Lipinski definition) is 3. The van der Waals surface area contributed by atoms with E-state index in [-0.39, 0.29) is 0 Å². The predicted molar refractivity (Wildman–Crippen MR) is 73.6 cm³/mol. The van der Waals surface area contributed by atoms with Crippen LogP contribution in [-0.2, 0) is 4.79 Å². The van der Waals surface area contributed by atoms with Crippen molar-refractivity contribution in [3.05, 3.63) is 42.6 Å². The molecule has 1 rings (SSSR count). The first kappa shape index (κ1) is 14.0. The molecule has 1 N–H and O–H groups in total. The molecule has 0 unspecified atom stereocenters. The van der Waals surface area contributed by atoms with Crippen molar-refractivity contribution in [1.82, 2.24) is 4.98 Å². The van der Waals surface area contributed by atoms with Gasteiger partial charge in [0.1, 0.15) is 5.82 Å². The molecule has 4 heteroatoms. The Hall–Kier alpha value is -2.10. The molecule has 0 fully saturated rings. The molecule has 0 spiro atoms. The highest BCUT2D eigenvalue weighted by Gasteiger charge is 2.01. The second-order valence-corrected chi connectivity index (χ2v) is 3.97. The monoisotopic (exact) mass is 246 g/mol. The largest absolute Gasteiger partial charge is 0.478 e. The summed E-state index contributed by atoms with van der Waals surface area (Å²) in [6.07, 6.45) is 8.23. The van der Waals surface area contributed by atoms with E-state index in [0.717, 1.165) is 36.8 Å². The van der Waals surface area contributed by atoms with Gasteiger partial charge in [-0.1, -0.05) is 6.08 Å². The highest BCUT2D eigenvalue weighted by Crippen LogP contribution is 2.11. The van der Waals surface area contributed by atoms with Crippen molar-refractivity contribution in [2.75, 3.05) is 18.5 Å². The van der Waals surface area contributed by atoms with Crippen LogP contribution in [0.25, 0.3) is 6.08 Å². The van der Waals surface area contributed by atoms with E-state index >= 15 is 0 Å². The molecule has 18 heavy (non-hydrogen) atoms. The number of anilines is 1. The summed E-state index contributed by atoms with van der Waals surface area (Å²) in [4.78, 5) is 16.7. The Morgan fingerprint density at radius 3 is 2.89 bits per heavy atom. The fourth-order valence-electron chi connectivity index (χ4n) is 1.48. The Kier molecular flexibility index (Phi) is 5.64. The smallest absolute Gasteiger partial charge is 0.328 e. The average Bonchev–Trinajstić information content (AvgIpc) is 2.37. The molecular weight excluding hydrogens is 228 g/mol. The number of carboxylic acid groups (broad SMARTS) is 1. The fraction of sp³-hybridized carbons (Fsp3) is 0.286. The lowest BCUT2D eigenvalue weighted by Gasteiger charge is -2.17. The van der Waals surface area contributed by atoms with E-state index in [2.05, 4.69) is 16.5 Å². The Morgan fingerprint density at radius 2 is 2.33 bits per heavy atom. The number of nitrogens with zero attached hydrogens (tertiary/aromatic N) is 2. The molecule has 1 aromatic heterocycles. The van der Waals surface area contributed by atoms with Gasteiger partial charge in [-0.3, -0.25) is 0 Å². The number of rotatable bonds is 7. The summed E-state index contributed by atoms with van der Waals surface area (Å²) >= 11 is 0. The van der Waals surface area contributed by atoms with Gasteiger partial charge in [-0.2, -0.15) is 0 Å². The van der Waals surface area contributed by atoms with Crippen LogP contribution in [0, 0.1) is 0 Å². The first-order valence-corrected chi connectivity index (χ1v) is 5.82. The molecule has 1 aromatic rings. The SMILES string of the molecule is C=CCCCN(C)c1ccc(/C=C/C(=O)O)cn1. The highest BCUT2D eigenvalue weighted by molar-refractivity contribution is 5.85. The Morgan fingerprint density at radius 1 is 1.56 bits per heavy atom. The van der Waals surface area contributed by atoms with Gasteiger partial charge in [0, 0.05) is 25.9 Å². The molecule has 0 aliphatic rings. The number of carboxylic acids is 1. The lowest BCUT2D eigenvalue weighted by atomic mass is 10.2. The summed E-state index contributed by atoms with van der Waals surface area (Å²) < 4.78 is 0. The lowest BCUT2D eigenvalue weighted by Crippen LogP contribution is -2.19. The van der Waals surface area contributed by atoms with Crippen molar-refractivity contribution in [3.8, 4) is 0 Å². The number of allylic oxidation sites excluding steroid dienone is 1. The molecule has 0 saturated carbocycles. The molecule has 96 valence electrons. The summed E-state index contributed by atoms with van der Waals surface area (Å²) in [5.41, 5.74) is 0.778. The Bertz CT molecular complexity index is 424. The maximum atomic E-state index is 10.4. The van der Waals surface area contributed by atoms with Crippen LogP contribution < -0.4 is 4.90 Å². The van der Waals surface area contributed by atoms with E-state index in [1.165, 1.54) is 6.08 Å². The zero-order valence-corrected chi connectivity index (χ0v) is 10.5. The standard InChI is InChI=1S/C14H18N2O2/c1-3-4-5-10-16(2)13-8-6-12(11-15-13)7-9-14(17)18/h3,6-9,11H,1,4-5,10H2,2H3,(H,17,18)/b9-7+.